The maximum absolute atomic E-state index is 12.4. The van der Waals surface area contributed by atoms with E-state index in [1.54, 1.807) is 0 Å². The number of rotatable bonds is 2. The van der Waals surface area contributed by atoms with E-state index in [0.717, 1.165) is 24.2 Å². The molecule has 4 heteroatoms. The van der Waals surface area contributed by atoms with Crippen molar-refractivity contribution in [3.8, 4) is 0 Å². The fourth-order valence-electron chi connectivity index (χ4n) is 2.79. The van der Waals surface area contributed by atoms with Crippen molar-refractivity contribution in [2.24, 2.45) is 0 Å². The van der Waals surface area contributed by atoms with E-state index < -0.39 is 0 Å². The zero-order valence-corrected chi connectivity index (χ0v) is 12.5. The number of anilines is 2. The fourth-order valence-corrected chi connectivity index (χ4v) is 2.79. The molecule has 0 atom stereocenters. The molecular formula is C19H16N2O2. The number of hydrogen-bond acceptors (Lipinski definition) is 4. The number of fused-ring (bicyclic) bond motifs is 2. The Morgan fingerprint density at radius 2 is 1.43 bits per heavy atom. The molecule has 0 unspecified atom stereocenters. The van der Waals surface area contributed by atoms with E-state index in [1.807, 2.05) is 54.6 Å². The highest BCUT2D eigenvalue weighted by Gasteiger charge is 2.20. The molecule has 0 fully saturated rings. The molecule has 2 N–H and O–H groups in total. The molecule has 23 heavy (non-hydrogen) atoms. The molecule has 4 rings (SSSR count). The first-order valence-corrected chi connectivity index (χ1v) is 7.62. The van der Waals surface area contributed by atoms with Gasteiger partial charge in [-0.25, -0.2) is 4.79 Å². The first-order valence-electron chi connectivity index (χ1n) is 7.62. The highest BCUT2D eigenvalue weighted by Crippen LogP contribution is 2.26. The van der Waals surface area contributed by atoms with Gasteiger partial charge in [-0.1, -0.05) is 36.4 Å². The highest BCUT2D eigenvalue weighted by molar-refractivity contribution is 5.93. The lowest BCUT2D eigenvalue weighted by molar-refractivity contribution is -0.134. The zero-order valence-electron chi connectivity index (χ0n) is 12.5. The van der Waals surface area contributed by atoms with Crippen LogP contribution in [0.25, 0.3) is 0 Å². The Hall–Kier alpha value is -3.01. The fraction of sp³-hybridized carbons (Fsp3) is 0.105. The van der Waals surface area contributed by atoms with Gasteiger partial charge in [0, 0.05) is 11.4 Å². The number of carbonyl (C=O) groups is 1. The van der Waals surface area contributed by atoms with Crippen molar-refractivity contribution >= 4 is 17.3 Å². The summed E-state index contributed by atoms with van der Waals surface area (Å²) in [4.78, 5) is 12.4. The Morgan fingerprint density at radius 1 is 0.826 bits per heavy atom. The van der Waals surface area contributed by atoms with Crippen LogP contribution in [0.3, 0.4) is 0 Å². The molecule has 4 nitrogen and oxygen atoms in total. The summed E-state index contributed by atoms with van der Waals surface area (Å²) in [6, 6.07) is 15.9. The molecule has 2 aliphatic heterocycles. The van der Waals surface area contributed by atoms with Gasteiger partial charge in [-0.3, -0.25) is 0 Å². The van der Waals surface area contributed by atoms with Crippen LogP contribution < -0.4 is 10.6 Å². The summed E-state index contributed by atoms with van der Waals surface area (Å²) >= 11 is 0. The van der Waals surface area contributed by atoms with Gasteiger partial charge in [0.05, 0.1) is 0 Å². The van der Waals surface area contributed by atoms with Gasteiger partial charge in [0.2, 0.25) is 0 Å². The lowest BCUT2D eigenvalue weighted by Crippen LogP contribution is -2.21. The maximum atomic E-state index is 12.4. The minimum atomic E-state index is -0.377. The summed E-state index contributed by atoms with van der Waals surface area (Å²) in [5.41, 5.74) is 4.78. The zero-order chi connectivity index (χ0) is 15.6. The average molecular weight is 304 g/mol. The third-order valence-corrected chi connectivity index (χ3v) is 4.02. The number of ether oxygens (including phenoxy) is 1. The molecule has 2 aliphatic rings. The van der Waals surface area contributed by atoms with Gasteiger partial charge in [-0.2, -0.15) is 0 Å². The number of hydrogen-bond donors (Lipinski definition) is 2. The van der Waals surface area contributed by atoms with Gasteiger partial charge >= 0.3 is 5.97 Å². The van der Waals surface area contributed by atoms with Crippen LogP contribution in [0.1, 0.15) is 11.1 Å². The summed E-state index contributed by atoms with van der Waals surface area (Å²) in [6.07, 6.45) is 5.23. The van der Waals surface area contributed by atoms with Crippen LogP contribution in [0.5, 0.6) is 0 Å². The second-order valence-electron chi connectivity index (χ2n) is 5.55. The van der Waals surface area contributed by atoms with Gasteiger partial charge < -0.3 is 15.4 Å². The van der Waals surface area contributed by atoms with Gasteiger partial charge in [0.1, 0.15) is 5.70 Å². The van der Waals surface area contributed by atoms with Gasteiger partial charge in [-0.15, -0.1) is 0 Å². The molecule has 0 aliphatic carbocycles. The van der Waals surface area contributed by atoms with Crippen molar-refractivity contribution in [3.63, 3.8) is 0 Å². The van der Waals surface area contributed by atoms with Crippen molar-refractivity contribution in [1.82, 2.24) is 0 Å². The molecule has 2 aromatic carbocycles. The number of carbonyl (C=O) groups excluding carboxylic acids is 1. The topological polar surface area (TPSA) is 50.4 Å². The Labute approximate surface area is 134 Å². The van der Waals surface area contributed by atoms with E-state index in [9.17, 15) is 4.79 Å². The third-order valence-electron chi connectivity index (χ3n) is 4.02. The van der Waals surface area contributed by atoms with Crippen LogP contribution in [-0.2, 0) is 22.4 Å². The molecule has 0 saturated carbocycles. The van der Waals surface area contributed by atoms with Crippen LogP contribution in [0, 0.1) is 0 Å². The number of nitrogens with one attached hydrogen (secondary N) is 2. The van der Waals surface area contributed by atoms with Crippen molar-refractivity contribution in [2.75, 3.05) is 10.6 Å². The molecule has 0 aromatic heterocycles. The Morgan fingerprint density at radius 3 is 2.17 bits per heavy atom. The summed E-state index contributed by atoms with van der Waals surface area (Å²) in [5.74, 6) is 0.105. The van der Waals surface area contributed by atoms with Crippen LogP contribution >= 0.6 is 0 Å². The second-order valence-corrected chi connectivity index (χ2v) is 5.55. The summed E-state index contributed by atoms with van der Waals surface area (Å²) in [6.45, 7) is 0. The summed E-state index contributed by atoms with van der Waals surface area (Å²) < 4.78 is 5.48. The van der Waals surface area contributed by atoms with Gasteiger partial charge in [-0.05, 0) is 48.3 Å². The SMILES string of the molecule is O=C(OC1=CCc2ccccc2N1)C1=CCc2ccccc2N1. The van der Waals surface area contributed by atoms with E-state index >= 15 is 0 Å². The molecule has 0 spiro atoms. The monoisotopic (exact) mass is 304 g/mol. The lowest BCUT2D eigenvalue weighted by Gasteiger charge is -2.21. The third kappa shape index (κ3) is 2.71. The largest absolute Gasteiger partial charge is 0.405 e. The lowest BCUT2D eigenvalue weighted by atomic mass is 10.1. The highest BCUT2D eigenvalue weighted by atomic mass is 16.5. The predicted molar refractivity (Wildman–Crippen MR) is 89.8 cm³/mol. The second kappa shape index (κ2) is 5.65. The van der Waals surface area contributed by atoms with E-state index in [1.165, 1.54) is 11.1 Å². The molecule has 0 amide bonds. The molecule has 0 radical (unpaired) electrons. The first-order chi connectivity index (χ1) is 11.3. The van der Waals surface area contributed by atoms with E-state index in [2.05, 4.69) is 16.7 Å². The molecule has 0 saturated heterocycles. The van der Waals surface area contributed by atoms with E-state index in [4.69, 9.17) is 4.74 Å². The van der Waals surface area contributed by atoms with Gasteiger partial charge in [0.25, 0.3) is 0 Å². The van der Waals surface area contributed by atoms with Crippen molar-refractivity contribution in [1.29, 1.82) is 0 Å². The number of esters is 1. The summed E-state index contributed by atoms with van der Waals surface area (Å²) in [7, 11) is 0. The van der Waals surface area contributed by atoms with Gasteiger partial charge in [0.15, 0.2) is 5.88 Å². The molecule has 0 bridgehead atoms. The first kappa shape index (κ1) is 13.6. The standard InChI is InChI=1S/C19H16N2O2/c22-19(17-11-9-13-5-1-3-7-15(13)20-17)23-18-12-10-14-6-2-4-8-16(14)21-18/h1-8,11-12,20-21H,9-10H2. The minimum Gasteiger partial charge on any atom is -0.405 e. The number of allylic oxidation sites excluding steroid dienone is 2. The van der Waals surface area contributed by atoms with Crippen molar-refractivity contribution in [2.45, 2.75) is 12.8 Å². The molecular weight excluding hydrogens is 288 g/mol. The maximum Gasteiger partial charge on any atom is 0.361 e. The van der Waals surface area contributed by atoms with Crippen LogP contribution in [0.2, 0.25) is 0 Å². The Bertz CT molecular complexity index is 837. The minimum absolute atomic E-state index is 0.377. The normalized spacial score (nSPS) is 15.1. The van der Waals surface area contributed by atoms with Crippen LogP contribution in [0.4, 0.5) is 11.4 Å². The molecule has 2 heterocycles. The Kier molecular flexibility index (Phi) is 3.35. The quantitative estimate of drug-likeness (QED) is 0.833. The predicted octanol–water partition coefficient (Wildman–Crippen LogP) is 3.59. The van der Waals surface area contributed by atoms with Crippen molar-refractivity contribution in [3.05, 3.63) is 83.4 Å². The number of benzene rings is 2. The molecule has 2 aromatic rings. The van der Waals surface area contributed by atoms with Crippen LogP contribution in [-0.4, -0.2) is 5.97 Å². The number of para-hydroxylation sites is 2. The Balaban J connectivity index is 1.46. The molecule has 114 valence electrons. The smallest absolute Gasteiger partial charge is 0.361 e. The van der Waals surface area contributed by atoms with E-state index in [0.29, 0.717) is 11.6 Å². The average Bonchev–Trinajstić information content (AvgIpc) is 2.61. The van der Waals surface area contributed by atoms with Crippen LogP contribution in [0.15, 0.2) is 72.3 Å². The summed E-state index contributed by atoms with van der Waals surface area (Å²) in [5, 5.41) is 6.29. The van der Waals surface area contributed by atoms with Crippen molar-refractivity contribution < 1.29 is 9.53 Å². The van der Waals surface area contributed by atoms with E-state index in [-0.39, 0.29) is 5.97 Å².